The number of aliphatic carboxylic acids is 1. The Morgan fingerprint density at radius 1 is 0.970 bits per heavy atom. The Bertz CT molecular complexity index is 1310. The molecule has 3 unspecified atom stereocenters. The van der Waals surface area contributed by atoms with Crippen LogP contribution in [0.5, 0.6) is 0 Å². The van der Waals surface area contributed by atoms with E-state index in [1.165, 1.54) is 0 Å². The highest BCUT2D eigenvalue weighted by Gasteiger charge is 2.47. The number of aromatic nitrogens is 1. The summed E-state index contributed by atoms with van der Waals surface area (Å²) in [4.78, 5) is 28.2. The fourth-order valence-electron chi connectivity index (χ4n) is 5.43. The number of carbonyl (C=O) groups is 2. The van der Waals surface area contributed by atoms with Crippen molar-refractivity contribution in [1.29, 1.82) is 0 Å². The highest BCUT2D eigenvalue weighted by atomic mass is 16.5. The van der Waals surface area contributed by atoms with Gasteiger partial charge in [-0.2, -0.15) is 0 Å². The molecule has 3 aromatic carbocycles. The fraction of sp³-hybridized carbons (Fsp3) is 0.250. The van der Waals surface area contributed by atoms with E-state index in [1.807, 2.05) is 43.3 Å². The van der Waals surface area contributed by atoms with Crippen molar-refractivity contribution < 1.29 is 19.4 Å². The van der Waals surface area contributed by atoms with Crippen LogP contribution in [0.3, 0.4) is 0 Å². The maximum atomic E-state index is 12.0. The average Bonchev–Trinajstić information content (AvgIpc) is 3.04. The number of pyridine rings is 1. The molecule has 0 saturated heterocycles. The van der Waals surface area contributed by atoms with E-state index < -0.39 is 17.3 Å². The van der Waals surface area contributed by atoms with Gasteiger partial charge in [0.05, 0.1) is 23.2 Å². The van der Waals surface area contributed by atoms with Gasteiger partial charge in [0, 0.05) is 16.4 Å². The molecule has 0 bridgehead atoms. The quantitative estimate of drug-likeness (QED) is 0.373. The second-order valence-electron chi connectivity index (χ2n) is 9.09. The summed E-state index contributed by atoms with van der Waals surface area (Å²) in [5.41, 5.74) is 4.20. The van der Waals surface area contributed by atoms with Gasteiger partial charge in [-0.05, 0) is 65.9 Å². The third kappa shape index (κ3) is 3.44. The number of carboxylic acids is 1. The lowest BCUT2D eigenvalue weighted by molar-refractivity contribution is -0.142. The van der Waals surface area contributed by atoms with Gasteiger partial charge in [0.15, 0.2) is 0 Å². The number of hydrogen-bond donors (Lipinski definition) is 1. The first kappa shape index (κ1) is 21.1. The molecule has 1 aliphatic carbocycles. The van der Waals surface area contributed by atoms with E-state index in [4.69, 9.17) is 9.72 Å². The van der Waals surface area contributed by atoms with Crippen LogP contribution in [0, 0.1) is 5.92 Å². The largest absolute Gasteiger partial charge is 0.481 e. The number of para-hydroxylation sites is 1. The summed E-state index contributed by atoms with van der Waals surface area (Å²) >= 11 is 0. The Labute approximate surface area is 192 Å². The van der Waals surface area contributed by atoms with Gasteiger partial charge < -0.3 is 9.84 Å². The molecule has 1 aliphatic rings. The van der Waals surface area contributed by atoms with Crippen LogP contribution in [0.1, 0.15) is 37.8 Å². The fourth-order valence-corrected chi connectivity index (χ4v) is 5.43. The SMILES string of the molecule is CC(CC1(CC(C)C(=O)O)c2cc3ccccc3cc2-c2nc3ccccc3cc21)OC=O. The number of carboxylic acid groups (broad SMARTS) is 1. The lowest BCUT2D eigenvalue weighted by atomic mass is 9.68. The maximum Gasteiger partial charge on any atom is 0.306 e. The second-order valence-corrected chi connectivity index (χ2v) is 9.09. The van der Waals surface area contributed by atoms with Crippen molar-refractivity contribution >= 4 is 34.1 Å². The van der Waals surface area contributed by atoms with Gasteiger partial charge in [-0.15, -0.1) is 0 Å². The maximum absolute atomic E-state index is 12.0. The van der Waals surface area contributed by atoms with Crippen LogP contribution in [0.25, 0.3) is 32.9 Å². The molecule has 3 atom stereocenters. The summed E-state index contributed by atoms with van der Waals surface area (Å²) in [6, 6.07) is 22.6. The number of nitrogens with zero attached hydrogens (tertiary/aromatic N) is 1. The number of benzene rings is 3. The molecule has 166 valence electrons. The zero-order valence-electron chi connectivity index (χ0n) is 18.6. The van der Waals surface area contributed by atoms with E-state index >= 15 is 0 Å². The van der Waals surface area contributed by atoms with Crippen molar-refractivity contribution in [3.63, 3.8) is 0 Å². The van der Waals surface area contributed by atoms with Gasteiger partial charge in [0.1, 0.15) is 0 Å². The van der Waals surface area contributed by atoms with Crippen LogP contribution in [-0.2, 0) is 19.7 Å². The third-order valence-corrected chi connectivity index (χ3v) is 6.90. The van der Waals surface area contributed by atoms with E-state index in [1.54, 1.807) is 6.92 Å². The molecule has 33 heavy (non-hydrogen) atoms. The summed E-state index contributed by atoms with van der Waals surface area (Å²) in [6.07, 6.45) is 0.467. The van der Waals surface area contributed by atoms with Crippen molar-refractivity contribution in [2.75, 3.05) is 0 Å². The molecule has 1 heterocycles. The van der Waals surface area contributed by atoms with Crippen molar-refractivity contribution in [3.05, 3.63) is 77.9 Å². The normalized spacial score (nSPS) is 18.5. The van der Waals surface area contributed by atoms with Crippen LogP contribution in [0.4, 0.5) is 0 Å². The summed E-state index contributed by atoms with van der Waals surface area (Å²) in [5, 5.41) is 13.0. The predicted molar refractivity (Wildman–Crippen MR) is 128 cm³/mol. The third-order valence-electron chi connectivity index (χ3n) is 6.90. The Morgan fingerprint density at radius 2 is 1.61 bits per heavy atom. The predicted octanol–water partition coefficient (Wildman–Crippen LogP) is 5.72. The first-order valence-corrected chi connectivity index (χ1v) is 11.2. The Kier molecular flexibility index (Phi) is 5.12. The van der Waals surface area contributed by atoms with Crippen molar-refractivity contribution in [2.45, 2.75) is 38.2 Å². The Balaban J connectivity index is 1.85. The first-order chi connectivity index (χ1) is 15.9. The van der Waals surface area contributed by atoms with Crippen LogP contribution in [0.2, 0.25) is 0 Å². The zero-order chi connectivity index (χ0) is 23.2. The highest BCUT2D eigenvalue weighted by Crippen LogP contribution is 2.55. The van der Waals surface area contributed by atoms with E-state index in [-0.39, 0.29) is 6.10 Å². The molecule has 0 saturated carbocycles. The minimum atomic E-state index is -0.845. The molecular formula is C28H25NO4. The molecule has 5 nitrogen and oxygen atoms in total. The number of hydrogen-bond acceptors (Lipinski definition) is 4. The van der Waals surface area contributed by atoms with Crippen molar-refractivity contribution in [2.24, 2.45) is 5.92 Å². The van der Waals surface area contributed by atoms with Crippen molar-refractivity contribution in [1.82, 2.24) is 4.98 Å². The van der Waals surface area contributed by atoms with Crippen molar-refractivity contribution in [3.8, 4) is 11.3 Å². The van der Waals surface area contributed by atoms with Crippen LogP contribution < -0.4 is 0 Å². The molecular weight excluding hydrogens is 414 g/mol. The van der Waals surface area contributed by atoms with Crippen LogP contribution in [-0.4, -0.2) is 28.6 Å². The van der Waals surface area contributed by atoms with E-state index in [9.17, 15) is 14.7 Å². The molecule has 0 radical (unpaired) electrons. The number of rotatable bonds is 7. The second kappa shape index (κ2) is 8.00. The average molecular weight is 440 g/mol. The summed E-state index contributed by atoms with van der Waals surface area (Å²) in [7, 11) is 0. The lowest BCUT2D eigenvalue weighted by Crippen LogP contribution is -2.34. The number of ether oxygens (including phenoxy) is 1. The summed E-state index contributed by atoms with van der Waals surface area (Å²) < 4.78 is 5.33. The van der Waals surface area contributed by atoms with E-state index in [2.05, 4.69) is 30.3 Å². The number of carbonyl (C=O) groups excluding carboxylic acids is 1. The molecule has 4 aromatic rings. The van der Waals surface area contributed by atoms with Crippen LogP contribution in [0.15, 0.2) is 66.7 Å². The molecule has 0 fully saturated rings. The van der Waals surface area contributed by atoms with E-state index in [0.29, 0.717) is 19.3 Å². The molecule has 5 rings (SSSR count). The highest BCUT2D eigenvalue weighted by molar-refractivity contribution is 5.95. The minimum absolute atomic E-state index is 0.382. The lowest BCUT2D eigenvalue weighted by Gasteiger charge is -2.35. The molecule has 0 aliphatic heterocycles. The first-order valence-electron chi connectivity index (χ1n) is 11.2. The van der Waals surface area contributed by atoms with E-state index in [0.717, 1.165) is 44.1 Å². The smallest absolute Gasteiger partial charge is 0.306 e. The van der Waals surface area contributed by atoms with Crippen LogP contribution >= 0.6 is 0 Å². The minimum Gasteiger partial charge on any atom is -0.481 e. The summed E-state index contributed by atoms with van der Waals surface area (Å²) in [5.74, 6) is -1.44. The molecule has 5 heteroatoms. The Hall–Kier alpha value is -3.73. The van der Waals surface area contributed by atoms with Gasteiger partial charge >= 0.3 is 5.97 Å². The van der Waals surface area contributed by atoms with Gasteiger partial charge in [0.2, 0.25) is 0 Å². The standard InChI is InChI=1S/C28H25NO4/c1-17(27(31)32)14-28(15-18(2)33-16-30)23-12-20-8-4-3-7-19(20)11-22(23)26-24(28)13-21-9-5-6-10-25(21)29-26/h3-13,16-18H,14-15H2,1-2H3,(H,31,32). The van der Waals surface area contributed by atoms with Gasteiger partial charge in [-0.25, -0.2) is 4.98 Å². The topological polar surface area (TPSA) is 76.5 Å². The van der Waals surface area contributed by atoms with Gasteiger partial charge in [0.25, 0.3) is 6.47 Å². The molecule has 1 aromatic heterocycles. The molecule has 0 spiro atoms. The molecule has 0 amide bonds. The zero-order valence-corrected chi connectivity index (χ0v) is 18.6. The molecule has 1 N–H and O–H groups in total. The van der Waals surface area contributed by atoms with Gasteiger partial charge in [-0.1, -0.05) is 49.4 Å². The summed E-state index contributed by atoms with van der Waals surface area (Å²) in [6.45, 7) is 4.06. The Morgan fingerprint density at radius 3 is 2.30 bits per heavy atom. The monoisotopic (exact) mass is 439 g/mol. The van der Waals surface area contributed by atoms with Gasteiger partial charge in [-0.3, -0.25) is 9.59 Å². The number of fused-ring (bicyclic) bond motifs is 5.